The summed E-state index contributed by atoms with van der Waals surface area (Å²) in [6, 6.07) is 0. The molecule has 0 aromatic carbocycles. The second-order valence-corrected chi connectivity index (χ2v) is 5.66. The highest BCUT2D eigenvalue weighted by atomic mass is 32.5. The normalized spacial score (nSPS) is 15.8. The van der Waals surface area contributed by atoms with Gasteiger partial charge in [0.1, 0.15) is 9.39 Å². The van der Waals surface area contributed by atoms with Crippen molar-refractivity contribution >= 4 is 19.7 Å². The van der Waals surface area contributed by atoms with Crippen molar-refractivity contribution < 1.29 is 13.7 Å². The van der Waals surface area contributed by atoms with E-state index < -0.39 is 10.3 Å². The maximum Gasteiger partial charge on any atom is 0.142 e. The summed E-state index contributed by atoms with van der Waals surface area (Å²) in [4.78, 5) is 0. The van der Waals surface area contributed by atoms with Crippen LogP contribution < -0.4 is 0 Å². The maximum atomic E-state index is 7.78. The van der Waals surface area contributed by atoms with Crippen LogP contribution in [0.3, 0.4) is 0 Å². The van der Waals surface area contributed by atoms with Gasteiger partial charge in [0.05, 0.1) is 0 Å². The molecule has 0 saturated heterocycles. The fourth-order valence-corrected chi connectivity index (χ4v) is 0. The molecule has 0 saturated carbocycles. The van der Waals surface area contributed by atoms with Crippen LogP contribution in [0.2, 0.25) is 0 Å². The summed E-state index contributed by atoms with van der Waals surface area (Å²) in [6.45, 7) is 0. The predicted octanol–water partition coefficient (Wildman–Crippen LogP) is -0.510. The first-order valence-electron chi connectivity index (χ1n) is 0.956. The van der Waals surface area contributed by atoms with Gasteiger partial charge >= 0.3 is 0 Å². The maximum absolute atomic E-state index is 7.78. The van der Waals surface area contributed by atoms with Crippen molar-refractivity contribution in [1.82, 2.24) is 0 Å². The van der Waals surface area contributed by atoms with Gasteiger partial charge in [0, 0.05) is 10.3 Å². The zero-order valence-electron chi connectivity index (χ0n) is 2.75. The van der Waals surface area contributed by atoms with Crippen LogP contribution in [0.4, 0.5) is 0 Å². The topological polar surface area (TPSA) is 60.7 Å². The zero-order valence-corrected chi connectivity index (χ0v) is 5.57. The molecule has 0 aliphatic rings. The van der Waals surface area contributed by atoms with Gasteiger partial charge in [-0.1, -0.05) is 0 Å². The predicted molar refractivity (Wildman–Crippen MR) is 25.4 cm³/mol. The fraction of sp³-hybridized carbons (Fsp3) is 0. The zero-order chi connectivity index (χ0) is 4.50. The molecule has 0 unspecified atom stereocenters. The van der Waals surface area contributed by atoms with E-state index in [0.29, 0.717) is 0 Å². The lowest BCUT2D eigenvalue weighted by molar-refractivity contribution is 0.398. The van der Waals surface area contributed by atoms with Crippen LogP contribution in [-0.4, -0.2) is 23.1 Å². The minimum Gasteiger partial charge on any atom is -0.314 e. The highest BCUT2D eigenvalue weighted by Crippen LogP contribution is 2.23. The van der Waals surface area contributed by atoms with E-state index in [2.05, 4.69) is 0 Å². The van der Waals surface area contributed by atoms with E-state index >= 15 is 0 Å². The highest BCUT2D eigenvalue weighted by Gasteiger charge is 1.93. The van der Waals surface area contributed by atoms with Crippen molar-refractivity contribution in [2.75, 3.05) is 0 Å². The molecule has 0 radical (unpaired) electrons. The van der Waals surface area contributed by atoms with Crippen molar-refractivity contribution in [3.8, 4) is 0 Å². The van der Waals surface area contributed by atoms with E-state index in [1.807, 2.05) is 0 Å². The van der Waals surface area contributed by atoms with Crippen molar-refractivity contribution in [2.24, 2.45) is 0 Å². The van der Waals surface area contributed by atoms with Gasteiger partial charge in [0.25, 0.3) is 0 Å². The standard InChI is InChI=1S/H6O3SSi/c1-4(2,3)5/h1-3H,5H3. The molecule has 0 aliphatic heterocycles. The molecule has 0 heterocycles. The molecule has 5 heteroatoms. The SMILES string of the molecule is OS(O)(O)[SiH3]. The lowest BCUT2D eigenvalue weighted by atomic mass is 15.8. The summed E-state index contributed by atoms with van der Waals surface area (Å²) in [5, 5.41) is 0. The third-order valence-corrected chi connectivity index (χ3v) is 0. The van der Waals surface area contributed by atoms with Crippen LogP contribution in [0.15, 0.2) is 0 Å². The summed E-state index contributed by atoms with van der Waals surface area (Å²) in [6.07, 6.45) is 0. The van der Waals surface area contributed by atoms with Crippen LogP contribution in [0.5, 0.6) is 0 Å². The molecule has 3 nitrogen and oxygen atoms in total. The first-order chi connectivity index (χ1) is 2.00. The number of hydrogen-bond donors (Lipinski definition) is 3. The molecule has 3 N–H and O–H groups in total. The number of hydrogen-bond acceptors (Lipinski definition) is 3. The van der Waals surface area contributed by atoms with Crippen LogP contribution in [0.25, 0.3) is 0 Å². The van der Waals surface area contributed by atoms with Gasteiger partial charge in [0.15, 0.2) is 0 Å². The van der Waals surface area contributed by atoms with E-state index in [0.717, 1.165) is 0 Å². The van der Waals surface area contributed by atoms with Crippen LogP contribution in [-0.2, 0) is 0 Å². The van der Waals surface area contributed by atoms with E-state index in [-0.39, 0.29) is 9.39 Å². The largest absolute Gasteiger partial charge is 0.314 e. The van der Waals surface area contributed by atoms with Gasteiger partial charge in [0.2, 0.25) is 0 Å². The van der Waals surface area contributed by atoms with Crippen molar-refractivity contribution in [3.63, 3.8) is 0 Å². The van der Waals surface area contributed by atoms with Gasteiger partial charge < -0.3 is 13.7 Å². The first-order valence-corrected chi connectivity index (χ1v) is 5.32. The van der Waals surface area contributed by atoms with Gasteiger partial charge in [-0.3, -0.25) is 0 Å². The molecular formula is H6O3SSi. The molecule has 34 valence electrons. The molecular weight excluding hydrogens is 108 g/mol. The molecule has 0 atom stereocenters. The molecule has 0 spiro atoms. The lowest BCUT2D eigenvalue weighted by Gasteiger charge is -2.09. The van der Waals surface area contributed by atoms with Gasteiger partial charge in [-0.05, 0) is 0 Å². The van der Waals surface area contributed by atoms with Gasteiger partial charge in [-0.15, -0.1) is 0 Å². The van der Waals surface area contributed by atoms with E-state index in [1.54, 1.807) is 0 Å². The molecule has 0 aromatic heterocycles. The Balaban J connectivity index is 3.02. The quantitative estimate of drug-likeness (QED) is 0.372. The summed E-state index contributed by atoms with van der Waals surface area (Å²) in [7, 11) is -2.97. The lowest BCUT2D eigenvalue weighted by Crippen LogP contribution is -1.89. The molecule has 0 bridgehead atoms. The molecule has 0 aliphatic carbocycles. The fourth-order valence-electron chi connectivity index (χ4n) is 0. The molecule has 5 heavy (non-hydrogen) atoms. The Morgan fingerprint density at radius 2 is 1.20 bits per heavy atom. The van der Waals surface area contributed by atoms with E-state index in [9.17, 15) is 0 Å². The van der Waals surface area contributed by atoms with Crippen LogP contribution in [0, 0.1) is 0 Å². The Hall–Kier alpha value is 0.447. The molecule has 0 aromatic rings. The Morgan fingerprint density at radius 1 is 1.20 bits per heavy atom. The Morgan fingerprint density at radius 3 is 1.20 bits per heavy atom. The van der Waals surface area contributed by atoms with E-state index in [4.69, 9.17) is 13.7 Å². The Labute approximate surface area is 34.3 Å². The smallest absolute Gasteiger partial charge is 0.142 e. The monoisotopic (exact) mass is 114 g/mol. The van der Waals surface area contributed by atoms with Gasteiger partial charge in [-0.25, -0.2) is 0 Å². The van der Waals surface area contributed by atoms with Crippen molar-refractivity contribution in [2.45, 2.75) is 0 Å². The summed E-state index contributed by atoms with van der Waals surface area (Å²) in [5.41, 5.74) is 0. The third kappa shape index (κ3) is 133. The van der Waals surface area contributed by atoms with Gasteiger partial charge in [-0.2, -0.15) is 0 Å². The van der Waals surface area contributed by atoms with Crippen LogP contribution in [0.1, 0.15) is 0 Å². The Bertz CT molecular complexity index is 22.4. The third-order valence-electron chi connectivity index (χ3n) is 0. The highest BCUT2D eigenvalue weighted by molar-refractivity contribution is 8.37. The Kier molecular flexibility index (Phi) is 1.38. The van der Waals surface area contributed by atoms with Crippen LogP contribution >= 0.6 is 10.3 Å². The molecule has 0 fully saturated rings. The molecule has 0 rings (SSSR count). The second kappa shape index (κ2) is 1.27. The summed E-state index contributed by atoms with van der Waals surface area (Å²) in [5.74, 6) is 0. The summed E-state index contributed by atoms with van der Waals surface area (Å²) >= 11 is 0. The first kappa shape index (κ1) is 5.45. The minimum absolute atomic E-state index is 0.0579. The molecule has 0 amide bonds. The van der Waals surface area contributed by atoms with Crippen molar-refractivity contribution in [1.29, 1.82) is 0 Å². The van der Waals surface area contributed by atoms with Crippen molar-refractivity contribution in [3.05, 3.63) is 0 Å². The number of rotatable bonds is 0. The summed E-state index contributed by atoms with van der Waals surface area (Å²) < 4.78 is 23.3. The average molecular weight is 114 g/mol. The average Bonchev–Trinajstić information content (AvgIpc) is 0.722. The van der Waals surface area contributed by atoms with E-state index in [1.165, 1.54) is 0 Å². The second-order valence-electron chi connectivity index (χ2n) is 0.793. The minimum atomic E-state index is -3.03.